The highest BCUT2D eigenvalue weighted by Crippen LogP contribution is 2.21. The number of hydrogen-bond acceptors (Lipinski definition) is 4. The van der Waals surface area contributed by atoms with Crippen molar-refractivity contribution >= 4 is 11.3 Å². The third kappa shape index (κ3) is 3.19. The summed E-state index contributed by atoms with van der Waals surface area (Å²) < 4.78 is 0. The van der Waals surface area contributed by atoms with E-state index in [1.165, 1.54) is 50.4 Å². The molecular weight excluding hydrogens is 254 g/mol. The summed E-state index contributed by atoms with van der Waals surface area (Å²) in [6.07, 6.45) is 2.49. The second-order valence-electron chi connectivity index (χ2n) is 5.69. The predicted octanol–water partition coefficient (Wildman–Crippen LogP) is 1.66. The van der Waals surface area contributed by atoms with Gasteiger partial charge in [-0.05, 0) is 30.8 Å². The van der Waals surface area contributed by atoms with E-state index >= 15 is 0 Å². The van der Waals surface area contributed by atoms with Crippen molar-refractivity contribution in [2.24, 2.45) is 0 Å². The lowest BCUT2D eigenvalue weighted by atomic mass is 9.96. The average molecular weight is 279 g/mol. The Labute approximate surface area is 120 Å². The van der Waals surface area contributed by atoms with Gasteiger partial charge in [0.2, 0.25) is 0 Å². The normalized spacial score (nSPS) is 31.5. The van der Waals surface area contributed by atoms with Crippen molar-refractivity contribution in [3.05, 3.63) is 22.4 Å². The van der Waals surface area contributed by atoms with Gasteiger partial charge in [0.05, 0.1) is 0 Å². The van der Waals surface area contributed by atoms with Crippen LogP contribution < -0.4 is 5.32 Å². The first-order valence-corrected chi connectivity index (χ1v) is 8.47. The maximum Gasteiger partial charge on any atom is 0.0377 e. The van der Waals surface area contributed by atoms with Gasteiger partial charge in [0.25, 0.3) is 0 Å². The molecule has 2 bridgehead atoms. The quantitative estimate of drug-likeness (QED) is 0.854. The van der Waals surface area contributed by atoms with Gasteiger partial charge in [-0.15, -0.1) is 11.3 Å². The molecule has 0 amide bonds. The molecule has 1 aromatic rings. The molecule has 4 heterocycles. The number of hydrogen-bond donors (Lipinski definition) is 1. The second kappa shape index (κ2) is 6.35. The number of piperazine rings is 3. The van der Waals surface area contributed by atoms with Crippen molar-refractivity contribution in [1.82, 2.24) is 15.1 Å². The van der Waals surface area contributed by atoms with E-state index in [4.69, 9.17) is 0 Å². The van der Waals surface area contributed by atoms with Crippen LogP contribution in [-0.4, -0.2) is 61.2 Å². The number of thiophene rings is 1. The zero-order valence-electron chi connectivity index (χ0n) is 11.8. The maximum absolute atomic E-state index is 3.74. The fourth-order valence-electron chi connectivity index (χ4n) is 3.48. The molecule has 0 aliphatic carbocycles. The first kappa shape index (κ1) is 13.6. The molecule has 4 heteroatoms. The van der Waals surface area contributed by atoms with Crippen LogP contribution in [0.1, 0.15) is 18.2 Å². The standard InChI is InChI=1S/C15H25N3S/c1-2-16-14(6-5-13-4-3-11-19-13)15-12-17-7-9-18(15)10-8-17/h3-4,11,14-16H,2,5-10,12H2,1H3. The summed E-state index contributed by atoms with van der Waals surface area (Å²) in [4.78, 5) is 6.88. The van der Waals surface area contributed by atoms with Crippen LogP contribution in [0.3, 0.4) is 0 Å². The van der Waals surface area contributed by atoms with Gasteiger partial charge >= 0.3 is 0 Å². The molecule has 2 unspecified atom stereocenters. The van der Waals surface area contributed by atoms with Crippen LogP contribution >= 0.6 is 11.3 Å². The Morgan fingerprint density at radius 2 is 2.21 bits per heavy atom. The van der Waals surface area contributed by atoms with Gasteiger partial charge in [0, 0.05) is 49.7 Å². The lowest BCUT2D eigenvalue weighted by molar-refractivity contribution is -0.00413. The van der Waals surface area contributed by atoms with Crippen LogP contribution in [0.4, 0.5) is 0 Å². The fourth-order valence-corrected chi connectivity index (χ4v) is 4.21. The molecule has 0 aromatic carbocycles. The third-order valence-corrected chi connectivity index (χ3v) is 5.47. The highest BCUT2D eigenvalue weighted by atomic mass is 32.1. The Hall–Kier alpha value is -0.420. The number of nitrogens with one attached hydrogen (secondary N) is 1. The van der Waals surface area contributed by atoms with Gasteiger partial charge in [-0.25, -0.2) is 0 Å². The van der Waals surface area contributed by atoms with E-state index in [9.17, 15) is 0 Å². The highest BCUT2D eigenvalue weighted by molar-refractivity contribution is 7.09. The zero-order valence-corrected chi connectivity index (χ0v) is 12.7. The molecule has 3 nitrogen and oxygen atoms in total. The van der Waals surface area contributed by atoms with Crippen LogP contribution in [0.2, 0.25) is 0 Å². The molecule has 1 N–H and O–H groups in total. The molecule has 3 fully saturated rings. The predicted molar refractivity (Wildman–Crippen MR) is 81.9 cm³/mol. The number of rotatable bonds is 6. The molecule has 19 heavy (non-hydrogen) atoms. The van der Waals surface area contributed by atoms with E-state index in [2.05, 4.69) is 39.6 Å². The average Bonchev–Trinajstić information content (AvgIpc) is 2.98. The van der Waals surface area contributed by atoms with E-state index in [1.807, 2.05) is 11.3 Å². The molecule has 0 spiro atoms. The molecule has 3 aliphatic rings. The molecular formula is C15H25N3S. The maximum atomic E-state index is 3.74. The van der Waals surface area contributed by atoms with Crippen LogP contribution in [-0.2, 0) is 6.42 Å². The summed E-state index contributed by atoms with van der Waals surface area (Å²) in [6, 6.07) is 5.81. The SMILES string of the molecule is CCNC(CCc1cccs1)C1CN2CCN1CC2. The first-order valence-electron chi connectivity index (χ1n) is 7.59. The molecule has 3 saturated heterocycles. The summed E-state index contributed by atoms with van der Waals surface area (Å²) in [5.41, 5.74) is 0. The number of aryl methyl sites for hydroxylation is 1. The molecule has 2 atom stereocenters. The van der Waals surface area contributed by atoms with Crippen LogP contribution in [0.15, 0.2) is 17.5 Å². The number of nitrogens with zero attached hydrogens (tertiary/aromatic N) is 2. The number of likely N-dealkylation sites (N-methyl/N-ethyl adjacent to an activating group) is 1. The van der Waals surface area contributed by atoms with Crippen LogP contribution in [0.5, 0.6) is 0 Å². The largest absolute Gasteiger partial charge is 0.313 e. The topological polar surface area (TPSA) is 18.5 Å². The zero-order chi connectivity index (χ0) is 13.1. The Morgan fingerprint density at radius 1 is 1.37 bits per heavy atom. The summed E-state index contributed by atoms with van der Waals surface area (Å²) in [5, 5.41) is 5.93. The van der Waals surface area contributed by atoms with E-state index in [1.54, 1.807) is 0 Å². The minimum Gasteiger partial charge on any atom is -0.313 e. The van der Waals surface area contributed by atoms with Gasteiger partial charge in [-0.2, -0.15) is 0 Å². The van der Waals surface area contributed by atoms with Gasteiger partial charge in [0.1, 0.15) is 0 Å². The van der Waals surface area contributed by atoms with E-state index in [-0.39, 0.29) is 0 Å². The monoisotopic (exact) mass is 279 g/mol. The van der Waals surface area contributed by atoms with Crippen molar-refractivity contribution in [1.29, 1.82) is 0 Å². The van der Waals surface area contributed by atoms with E-state index in [0.29, 0.717) is 6.04 Å². The Balaban J connectivity index is 1.60. The summed E-state index contributed by atoms with van der Waals surface area (Å²) in [6.45, 7) is 9.67. The van der Waals surface area contributed by atoms with E-state index in [0.717, 1.165) is 12.6 Å². The Kier molecular flexibility index (Phi) is 4.53. The van der Waals surface area contributed by atoms with Gasteiger partial charge < -0.3 is 5.32 Å². The lowest BCUT2D eigenvalue weighted by Crippen LogP contribution is -2.66. The first-order chi connectivity index (χ1) is 9.36. The summed E-state index contributed by atoms with van der Waals surface area (Å²) in [5.74, 6) is 0. The molecule has 1 aromatic heterocycles. The van der Waals surface area contributed by atoms with Crippen molar-refractivity contribution in [3.8, 4) is 0 Å². The highest BCUT2D eigenvalue weighted by Gasteiger charge is 2.36. The Morgan fingerprint density at radius 3 is 2.79 bits per heavy atom. The molecule has 106 valence electrons. The lowest BCUT2D eigenvalue weighted by Gasteiger charge is -2.50. The van der Waals surface area contributed by atoms with Crippen LogP contribution in [0.25, 0.3) is 0 Å². The van der Waals surface area contributed by atoms with Gasteiger partial charge in [-0.3, -0.25) is 9.80 Å². The fraction of sp³-hybridized carbons (Fsp3) is 0.733. The van der Waals surface area contributed by atoms with Crippen LogP contribution in [0, 0.1) is 0 Å². The third-order valence-electron chi connectivity index (χ3n) is 4.53. The van der Waals surface area contributed by atoms with Crippen molar-refractivity contribution < 1.29 is 0 Å². The summed E-state index contributed by atoms with van der Waals surface area (Å²) in [7, 11) is 0. The minimum atomic E-state index is 0.648. The smallest absolute Gasteiger partial charge is 0.0377 e. The Bertz CT molecular complexity index is 371. The van der Waals surface area contributed by atoms with E-state index < -0.39 is 0 Å². The molecule has 0 radical (unpaired) electrons. The van der Waals surface area contributed by atoms with Crippen molar-refractivity contribution in [2.75, 3.05) is 39.3 Å². The summed E-state index contributed by atoms with van der Waals surface area (Å²) >= 11 is 1.89. The van der Waals surface area contributed by atoms with Crippen molar-refractivity contribution in [2.45, 2.75) is 31.8 Å². The molecule has 0 saturated carbocycles. The minimum absolute atomic E-state index is 0.648. The number of fused-ring (bicyclic) bond motifs is 3. The molecule has 4 rings (SSSR count). The van der Waals surface area contributed by atoms with Gasteiger partial charge in [-0.1, -0.05) is 13.0 Å². The van der Waals surface area contributed by atoms with Crippen molar-refractivity contribution in [3.63, 3.8) is 0 Å². The van der Waals surface area contributed by atoms with Gasteiger partial charge in [0.15, 0.2) is 0 Å². The molecule has 3 aliphatic heterocycles. The second-order valence-corrected chi connectivity index (χ2v) is 6.72.